The first-order valence-electron chi connectivity index (χ1n) is 8.20. The number of guanidine groups is 1. The van der Waals surface area contributed by atoms with E-state index in [1.165, 1.54) is 12.8 Å². The molecule has 0 bridgehead atoms. The monoisotopic (exact) mass is 434 g/mol. The molecule has 0 fully saturated rings. The van der Waals surface area contributed by atoms with Crippen molar-refractivity contribution in [3.05, 3.63) is 24.3 Å². The summed E-state index contributed by atoms with van der Waals surface area (Å²) in [5.74, 6) is 1.86. The van der Waals surface area contributed by atoms with Crippen LogP contribution in [0.2, 0.25) is 0 Å². The molecule has 0 spiro atoms. The Morgan fingerprint density at radius 3 is 2.65 bits per heavy atom. The number of rotatable bonds is 10. The van der Waals surface area contributed by atoms with Gasteiger partial charge < -0.3 is 15.2 Å². The minimum Gasteiger partial charge on any atom is -0.356 e. The van der Waals surface area contributed by atoms with Crippen LogP contribution in [0.1, 0.15) is 45.9 Å². The Morgan fingerprint density at radius 2 is 2.00 bits per heavy atom. The maximum Gasteiger partial charge on any atom is 0.191 e. The summed E-state index contributed by atoms with van der Waals surface area (Å²) in [4.78, 5) is 4.54. The third-order valence-electron chi connectivity index (χ3n) is 3.24. The molecule has 0 aliphatic carbocycles. The normalized spacial score (nSPS) is 11.0. The summed E-state index contributed by atoms with van der Waals surface area (Å²) >= 11 is 0. The molecule has 0 aliphatic heterocycles. The smallest absolute Gasteiger partial charge is 0.191 e. The van der Waals surface area contributed by atoms with Crippen LogP contribution in [0.15, 0.2) is 23.5 Å². The summed E-state index contributed by atoms with van der Waals surface area (Å²) in [7, 11) is 0. The van der Waals surface area contributed by atoms with Crippen LogP contribution < -0.4 is 10.6 Å². The molecule has 1 aromatic heterocycles. The molecule has 1 aromatic rings. The van der Waals surface area contributed by atoms with Crippen LogP contribution in [-0.4, -0.2) is 40.4 Å². The fraction of sp³-hybridized carbons (Fsp3) is 0.688. The van der Waals surface area contributed by atoms with Crippen LogP contribution in [0.5, 0.6) is 0 Å². The van der Waals surface area contributed by atoms with Crippen molar-refractivity contribution in [2.75, 3.05) is 19.6 Å². The minimum absolute atomic E-state index is 0. The average Bonchev–Trinajstić information content (AvgIpc) is 2.95. The van der Waals surface area contributed by atoms with Crippen LogP contribution in [0, 0.1) is 0 Å². The van der Waals surface area contributed by atoms with Crippen molar-refractivity contribution < 1.29 is 0 Å². The van der Waals surface area contributed by atoms with Gasteiger partial charge in [-0.05, 0) is 13.3 Å². The van der Waals surface area contributed by atoms with Crippen molar-refractivity contribution in [3.63, 3.8) is 0 Å². The Labute approximate surface area is 157 Å². The van der Waals surface area contributed by atoms with Crippen molar-refractivity contribution >= 4 is 29.9 Å². The molecule has 0 saturated heterocycles. The van der Waals surface area contributed by atoms with E-state index in [1.807, 2.05) is 6.92 Å². The third kappa shape index (κ3) is 9.58. The van der Waals surface area contributed by atoms with Gasteiger partial charge in [0.1, 0.15) is 12.2 Å². The molecular weight excluding hydrogens is 403 g/mol. The molecule has 0 aromatic carbocycles. The summed E-state index contributed by atoms with van der Waals surface area (Å²) in [6, 6.07) is 0. The van der Waals surface area contributed by atoms with E-state index in [4.69, 9.17) is 0 Å². The number of aryl methyl sites for hydroxylation is 1. The Kier molecular flexibility index (Phi) is 12.7. The van der Waals surface area contributed by atoms with Gasteiger partial charge in [-0.25, -0.2) is 4.99 Å². The maximum atomic E-state index is 4.54. The molecule has 1 rings (SSSR count). The number of halogens is 1. The lowest BCUT2D eigenvalue weighted by atomic mass is 10.2. The van der Waals surface area contributed by atoms with Crippen LogP contribution in [0.4, 0.5) is 0 Å². The van der Waals surface area contributed by atoms with Crippen LogP contribution in [-0.2, 0) is 13.0 Å². The van der Waals surface area contributed by atoms with Crippen LogP contribution in [0.25, 0.3) is 0 Å². The largest absolute Gasteiger partial charge is 0.356 e. The molecule has 6 nitrogen and oxygen atoms in total. The van der Waals surface area contributed by atoms with Crippen molar-refractivity contribution in [1.82, 2.24) is 25.4 Å². The summed E-state index contributed by atoms with van der Waals surface area (Å²) in [6.07, 6.45) is 6.30. The predicted octanol–water partition coefficient (Wildman–Crippen LogP) is 2.76. The molecule has 0 atom stereocenters. The zero-order valence-electron chi connectivity index (χ0n) is 14.6. The SMILES string of the molecule is C=C(C)CN=C(NCCCCC)NCCn1cnnc1CC.I. The van der Waals surface area contributed by atoms with Crippen molar-refractivity contribution in [1.29, 1.82) is 0 Å². The highest BCUT2D eigenvalue weighted by Crippen LogP contribution is 1.95. The fourth-order valence-corrected chi connectivity index (χ4v) is 2.00. The van der Waals surface area contributed by atoms with E-state index in [0.29, 0.717) is 6.54 Å². The zero-order chi connectivity index (χ0) is 16.2. The number of unbranched alkanes of at least 4 members (excludes halogenated alkanes) is 2. The number of aliphatic imine (C=N–C) groups is 1. The second-order valence-electron chi connectivity index (χ2n) is 5.48. The van der Waals surface area contributed by atoms with Gasteiger partial charge in [0.15, 0.2) is 5.96 Å². The van der Waals surface area contributed by atoms with Crippen LogP contribution >= 0.6 is 24.0 Å². The van der Waals surface area contributed by atoms with Gasteiger partial charge in [-0.1, -0.05) is 38.8 Å². The van der Waals surface area contributed by atoms with Gasteiger partial charge in [0.25, 0.3) is 0 Å². The zero-order valence-corrected chi connectivity index (χ0v) is 17.0. The molecule has 23 heavy (non-hydrogen) atoms. The molecule has 0 saturated carbocycles. The highest BCUT2D eigenvalue weighted by Gasteiger charge is 2.02. The lowest BCUT2D eigenvalue weighted by molar-refractivity contribution is 0.626. The average molecular weight is 434 g/mol. The standard InChI is InChI=1S/C16H30N6.HI/c1-5-7-8-9-17-16(19-12-14(3)4)18-10-11-22-13-20-21-15(22)6-2;/h13H,3,5-12H2,1-2,4H3,(H2,17,18,19);1H. The highest BCUT2D eigenvalue weighted by molar-refractivity contribution is 14.0. The number of nitrogens with zero attached hydrogens (tertiary/aromatic N) is 4. The quantitative estimate of drug-likeness (QED) is 0.195. The van der Waals surface area contributed by atoms with Crippen molar-refractivity contribution in [3.8, 4) is 0 Å². The molecule has 1 heterocycles. The van der Waals surface area contributed by atoms with Crippen LogP contribution in [0.3, 0.4) is 0 Å². The van der Waals surface area contributed by atoms with Gasteiger partial charge in [-0.3, -0.25) is 0 Å². The summed E-state index contributed by atoms with van der Waals surface area (Å²) in [5, 5.41) is 14.8. The summed E-state index contributed by atoms with van der Waals surface area (Å²) in [5.41, 5.74) is 1.06. The first-order valence-corrected chi connectivity index (χ1v) is 8.20. The minimum atomic E-state index is 0. The number of aromatic nitrogens is 3. The molecule has 0 amide bonds. The number of nitrogens with one attached hydrogen (secondary N) is 2. The molecule has 0 radical (unpaired) electrons. The maximum absolute atomic E-state index is 4.54. The predicted molar refractivity (Wildman–Crippen MR) is 107 cm³/mol. The van der Waals surface area contributed by atoms with Crippen molar-refractivity contribution in [2.24, 2.45) is 4.99 Å². The topological polar surface area (TPSA) is 67.1 Å². The first kappa shape index (κ1) is 21.9. The Bertz CT molecular complexity index is 469. The molecule has 7 heteroatoms. The van der Waals surface area contributed by atoms with Gasteiger partial charge in [0.2, 0.25) is 0 Å². The van der Waals surface area contributed by atoms with E-state index in [1.54, 1.807) is 6.33 Å². The number of hydrogen-bond donors (Lipinski definition) is 2. The van der Waals surface area contributed by atoms with E-state index in [2.05, 4.69) is 50.8 Å². The van der Waals surface area contributed by atoms with E-state index in [9.17, 15) is 0 Å². The second kappa shape index (κ2) is 13.3. The number of hydrogen-bond acceptors (Lipinski definition) is 3. The van der Waals surface area contributed by atoms with Gasteiger partial charge in [-0.2, -0.15) is 0 Å². The van der Waals surface area contributed by atoms with Crippen molar-refractivity contribution in [2.45, 2.75) is 53.0 Å². The van der Waals surface area contributed by atoms with E-state index < -0.39 is 0 Å². The van der Waals surface area contributed by atoms with E-state index >= 15 is 0 Å². The highest BCUT2D eigenvalue weighted by atomic mass is 127. The lowest BCUT2D eigenvalue weighted by Gasteiger charge is -2.13. The fourth-order valence-electron chi connectivity index (χ4n) is 2.00. The first-order chi connectivity index (χ1) is 10.7. The summed E-state index contributed by atoms with van der Waals surface area (Å²) in [6.45, 7) is 13.4. The Morgan fingerprint density at radius 1 is 1.26 bits per heavy atom. The molecule has 2 N–H and O–H groups in total. The molecule has 132 valence electrons. The summed E-state index contributed by atoms with van der Waals surface area (Å²) < 4.78 is 2.07. The van der Waals surface area contributed by atoms with Gasteiger partial charge >= 0.3 is 0 Å². The second-order valence-corrected chi connectivity index (χ2v) is 5.48. The lowest BCUT2D eigenvalue weighted by Crippen LogP contribution is -2.39. The molecule has 0 aliphatic rings. The van der Waals surface area contributed by atoms with Gasteiger partial charge in [0, 0.05) is 26.1 Å². The van der Waals surface area contributed by atoms with Gasteiger partial charge in [0.05, 0.1) is 6.54 Å². The van der Waals surface area contributed by atoms with E-state index in [0.717, 1.165) is 49.8 Å². The Hall–Kier alpha value is -1.12. The molecular formula is C16H31IN6. The third-order valence-corrected chi connectivity index (χ3v) is 3.24. The van der Waals surface area contributed by atoms with Gasteiger partial charge in [-0.15, -0.1) is 34.2 Å². The van der Waals surface area contributed by atoms with E-state index in [-0.39, 0.29) is 24.0 Å². The molecule has 0 unspecified atom stereocenters. The Balaban J connectivity index is 0.00000484.